The molecule has 0 aromatic heterocycles. The van der Waals surface area contributed by atoms with Gasteiger partial charge in [0, 0.05) is 37.2 Å². The van der Waals surface area contributed by atoms with E-state index < -0.39 is 11.0 Å². The number of anilines is 1. The van der Waals surface area contributed by atoms with Gasteiger partial charge in [-0.25, -0.2) is 0 Å². The Morgan fingerprint density at radius 3 is 2.71 bits per heavy atom. The second-order valence-electron chi connectivity index (χ2n) is 6.23. The van der Waals surface area contributed by atoms with E-state index >= 15 is 0 Å². The van der Waals surface area contributed by atoms with Gasteiger partial charge in [0.2, 0.25) is 5.91 Å². The Hall–Kier alpha value is -1.59. The van der Waals surface area contributed by atoms with Gasteiger partial charge in [-0.05, 0) is 19.1 Å². The standard InChI is InChI=1S/C16H24N2O3/c1-5-21-13-10-16(17,15(13,2)3)14(20)18(4)11-7-6-8-12(19)9-11/h6-9,13,19H,5,10,17H2,1-4H3. The first-order chi connectivity index (χ1) is 9.74. The number of nitrogens with two attached hydrogens (primary N) is 1. The summed E-state index contributed by atoms with van der Waals surface area (Å²) in [5.41, 5.74) is 5.64. The molecule has 1 amide bonds. The number of phenols is 1. The Morgan fingerprint density at radius 1 is 1.52 bits per heavy atom. The van der Waals surface area contributed by atoms with Crippen molar-refractivity contribution in [3.8, 4) is 5.75 Å². The maximum atomic E-state index is 12.8. The minimum Gasteiger partial charge on any atom is -0.508 e. The summed E-state index contributed by atoms with van der Waals surface area (Å²) >= 11 is 0. The molecule has 0 bridgehead atoms. The molecule has 1 aromatic rings. The zero-order valence-electron chi connectivity index (χ0n) is 13.1. The van der Waals surface area contributed by atoms with Gasteiger partial charge in [-0.2, -0.15) is 0 Å². The Balaban J connectivity index is 2.20. The minimum absolute atomic E-state index is 0.00553. The summed E-state index contributed by atoms with van der Waals surface area (Å²) in [6, 6.07) is 6.59. The molecule has 0 heterocycles. The second-order valence-corrected chi connectivity index (χ2v) is 6.23. The topological polar surface area (TPSA) is 75.8 Å². The predicted octanol–water partition coefficient (Wildman–Crippen LogP) is 1.89. The van der Waals surface area contributed by atoms with Crippen molar-refractivity contribution in [3.63, 3.8) is 0 Å². The maximum Gasteiger partial charge on any atom is 0.247 e. The zero-order valence-corrected chi connectivity index (χ0v) is 13.1. The number of nitrogens with zero attached hydrogens (tertiary/aromatic N) is 1. The van der Waals surface area contributed by atoms with E-state index in [1.807, 2.05) is 20.8 Å². The van der Waals surface area contributed by atoms with Crippen LogP contribution in [0.2, 0.25) is 0 Å². The summed E-state index contributed by atoms with van der Waals surface area (Å²) < 4.78 is 5.65. The van der Waals surface area contributed by atoms with E-state index in [2.05, 4.69) is 0 Å². The van der Waals surface area contributed by atoms with Crippen molar-refractivity contribution >= 4 is 11.6 Å². The number of hydrogen-bond donors (Lipinski definition) is 2. The number of aromatic hydroxyl groups is 1. The Kier molecular flexibility index (Phi) is 4.00. The van der Waals surface area contributed by atoms with Crippen molar-refractivity contribution in [2.24, 2.45) is 11.1 Å². The van der Waals surface area contributed by atoms with Crippen molar-refractivity contribution in [1.82, 2.24) is 0 Å². The number of ether oxygens (including phenoxy) is 1. The molecule has 1 fully saturated rings. The third-order valence-corrected chi connectivity index (χ3v) is 4.73. The molecule has 5 heteroatoms. The van der Waals surface area contributed by atoms with Crippen LogP contribution in [0.1, 0.15) is 27.2 Å². The van der Waals surface area contributed by atoms with Crippen LogP contribution < -0.4 is 10.6 Å². The van der Waals surface area contributed by atoms with Gasteiger partial charge >= 0.3 is 0 Å². The van der Waals surface area contributed by atoms with Crippen LogP contribution in [0.25, 0.3) is 0 Å². The van der Waals surface area contributed by atoms with Crippen LogP contribution in [-0.4, -0.2) is 36.3 Å². The number of phenolic OH excluding ortho intramolecular Hbond substituents is 1. The number of hydrogen-bond acceptors (Lipinski definition) is 4. The molecule has 1 aliphatic carbocycles. The average molecular weight is 292 g/mol. The summed E-state index contributed by atoms with van der Waals surface area (Å²) in [7, 11) is 1.68. The largest absolute Gasteiger partial charge is 0.508 e. The van der Waals surface area contributed by atoms with E-state index in [-0.39, 0.29) is 17.8 Å². The molecule has 1 saturated carbocycles. The summed E-state index contributed by atoms with van der Waals surface area (Å²) in [5, 5.41) is 9.54. The highest BCUT2D eigenvalue weighted by molar-refractivity contribution is 6.01. The van der Waals surface area contributed by atoms with Crippen molar-refractivity contribution in [1.29, 1.82) is 0 Å². The lowest BCUT2D eigenvalue weighted by molar-refractivity contribution is -0.168. The zero-order chi connectivity index (χ0) is 15.8. The predicted molar refractivity (Wildman–Crippen MR) is 82.2 cm³/mol. The normalized spacial score (nSPS) is 27.0. The highest BCUT2D eigenvalue weighted by atomic mass is 16.5. The smallest absolute Gasteiger partial charge is 0.247 e. The highest BCUT2D eigenvalue weighted by Gasteiger charge is 2.63. The van der Waals surface area contributed by atoms with E-state index in [9.17, 15) is 9.90 Å². The number of benzene rings is 1. The van der Waals surface area contributed by atoms with E-state index in [1.54, 1.807) is 31.3 Å². The highest BCUT2D eigenvalue weighted by Crippen LogP contribution is 2.50. The molecule has 116 valence electrons. The molecule has 5 nitrogen and oxygen atoms in total. The van der Waals surface area contributed by atoms with Crippen molar-refractivity contribution in [2.75, 3.05) is 18.6 Å². The van der Waals surface area contributed by atoms with Crippen LogP contribution >= 0.6 is 0 Å². The van der Waals surface area contributed by atoms with Gasteiger partial charge in [-0.3, -0.25) is 4.79 Å². The SMILES string of the molecule is CCOC1CC(N)(C(=O)N(C)c2cccc(O)c2)C1(C)C. The lowest BCUT2D eigenvalue weighted by Crippen LogP contribution is -2.75. The van der Waals surface area contributed by atoms with Gasteiger partial charge in [0.1, 0.15) is 11.3 Å². The summed E-state index contributed by atoms with van der Waals surface area (Å²) in [6.45, 7) is 6.48. The molecule has 3 N–H and O–H groups in total. The van der Waals surface area contributed by atoms with Crippen LogP contribution in [0, 0.1) is 5.41 Å². The van der Waals surface area contributed by atoms with E-state index in [0.717, 1.165) is 0 Å². The number of carbonyl (C=O) groups excluding carboxylic acids is 1. The van der Waals surface area contributed by atoms with Crippen molar-refractivity contribution in [2.45, 2.75) is 38.8 Å². The number of likely N-dealkylation sites (N-methyl/N-ethyl adjacent to an activating group) is 1. The van der Waals surface area contributed by atoms with Crippen LogP contribution in [-0.2, 0) is 9.53 Å². The first kappa shape index (κ1) is 15.8. The fraction of sp³-hybridized carbons (Fsp3) is 0.562. The summed E-state index contributed by atoms with van der Waals surface area (Å²) in [6.07, 6.45) is 0.504. The molecule has 21 heavy (non-hydrogen) atoms. The Bertz CT molecular complexity index is 544. The first-order valence-corrected chi connectivity index (χ1v) is 7.21. The molecule has 0 aliphatic heterocycles. The average Bonchev–Trinajstić information content (AvgIpc) is 2.45. The summed E-state index contributed by atoms with van der Waals surface area (Å²) in [5.74, 6) is -0.0349. The van der Waals surface area contributed by atoms with E-state index in [1.165, 1.54) is 4.90 Å². The Morgan fingerprint density at radius 2 is 2.19 bits per heavy atom. The number of carbonyl (C=O) groups is 1. The lowest BCUT2D eigenvalue weighted by Gasteiger charge is -2.58. The van der Waals surface area contributed by atoms with Gasteiger partial charge in [-0.1, -0.05) is 19.9 Å². The fourth-order valence-electron chi connectivity index (χ4n) is 2.92. The summed E-state index contributed by atoms with van der Waals surface area (Å²) in [4.78, 5) is 14.3. The van der Waals surface area contributed by atoms with Crippen LogP contribution in [0.5, 0.6) is 5.75 Å². The molecule has 2 unspecified atom stereocenters. The molecule has 0 radical (unpaired) electrons. The molecular weight excluding hydrogens is 268 g/mol. The first-order valence-electron chi connectivity index (χ1n) is 7.21. The fourth-order valence-corrected chi connectivity index (χ4v) is 2.92. The molecular formula is C16H24N2O3. The second kappa shape index (κ2) is 5.31. The van der Waals surface area contributed by atoms with Crippen LogP contribution in [0.3, 0.4) is 0 Å². The molecule has 1 aromatic carbocycles. The van der Waals surface area contributed by atoms with Gasteiger partial charge in [-0.15, -0.1) is 0 Å². The van der Waals surface area contributed by atoms with Gasteiger partial charge in [0.15, 0.2) is 0 Å². The quantitative estimate of drug-likeness (QED) is 0.888. The van der Waals surface area contributed by atoms with Gasteiger partial charge in [0.25, 0.3) is 0 Å². The van der Waals surface area contributed by atoms with E-state index in [4.69, 9.17) is 10.5 Å². The van der Waals surface area contributed by atoms with Gasteiger partial charge in [0.05, 0.1) is 6.10 Å². The van der Waals surface area contributed by atoms with Gasteiger partial charge < -0.3 is 20.5 Å². The monoisotopic (exact) mass is 292 g/mol. The number of rotatable bonds is 4. The van der Waals surface area contributed by atoms with Crippen LogP contribution in [0.15, 0.2) is 24.3 Å². The van der Waals surface area contributed by atoms with Crippen molar-refractivity contribution < 1.29 is 14.6 Å². The van der Waals surface area contributed by atoms with E-state index in [0.29, 0.717) is 18.7 Å². The molecule has 0 spiro atoms. The minimum atomic E-state index is -0.951. The third kappa shape index (κ3) is 2.40. The van der Waals surface area contributed by atoms with Crippen LogP contribution in [0.4, 0.5) is 5.69 Å². The molecule has 2 rings (SSSR count). The third-order valence-electron chi connectivity index (χ3n) is 4.73. The molecule has 2 atom stereocenters. The van der Waals surface area contributed by atoms with Crippen molar-refractivity contribution in [3.05, 3.63) is 24.3 Å². The molecule has 0 saturated heterocycles. The molecule has 1 aliphatic rings. The Labute approximate surface area is 125 Å². The number of amides is 1. The maximum absolute atomic E-state index is 12.8. The lowest BCUT2D eigenvalue weighted by atomic mass is 9.54.